The van der Waals surface area contributed by atoms with E-state index in [9.17, 15) is 14.7 Å². The number of esters is 2. The van der Waals surface area contributed by atoms with Crippen LogP contribution < -0.4 is 5.32 Å². The molecule has 1 aliphatic rings. The minimum Gasteiger partial charge on any atom is -0.508 e. The van der Waals surface area contributed by atoms with Gasteiger partial charge in [-0.2, -0.15) is 0 Å². The Hall–Kier alpha value is -4.59. The number of rotatable bonds is 8. The van der Waals surface area contributed by atoms with Crippen molar-refractivity contribution in [1.29, 1.82) is 0 Å². The van der Waals surface area contributed by atoms with Gasteiger partial charge in [0, 0.05) is 30.3 Å². The standard InChI is InChI=1S/C29H29N3O5/c1-19-25(28(34)36-3)27(23-7-4-8-24(33)16-23)26(20(2)31-19)29(35)37-15-5-6-21-9-11-22(12-10-21)17-32-14-13-30-18-32/h4-14,16,18,27,31,33H,15,17H2,1-3H3. The number of benzene rings is 2. The summed E-state index contributed by atoms with van der Waals surface area (Å²) in [5.74, 6) is -1.84. The number of aromatic nitrogens is 2. The second-order valence-corrected chi connectivity index (χ2v) is 8.70. The molecular formula is C29H29N3O5. The summed E-state index contributed by atoms with van der Waals surface area (Å²) in [6, 6.07) is 14.5. The minimum atomic E-state index is -0.750. The van der Waals surface area contributed by atoms with Crippen LogP contribution in [-0.2, 0) is 25.6 Å². The average Bonchev–Trinajstić information content (AvgIpc) is 3.39. The summed E-state index contributed by atoms with van der Waals surface area (Å²) in [5.41, 5.74) is 4.43. The Labute approximate surface area is 215 Å². The Morgan fingerprint density at radius 1 is 1.08 bits per heavy atom. The second-order valence-electron chi connectivity index (χ2n) is 8.70. The molecule has 0 aliphatic carbocycles. The number of dihydropyridines is 1. The maximum Gasteiger partial charge on any atom is 0.337 e. The molecule has 1 unspecified atom stereocenters. The maximum atomic E-state index is 13.2. The van der Waals surface area contributed by atoms with Crippen molar-refractivity contribution < 1.29 is 24.2 Å². The van der Waals surface area contributed by atoms with Crippen LogP contribution in [0.4, 0.5) is 0 Å². The van der Waals surface area contributed by atoms with Crippen molar-refractivity contribution in [2.75, 3.05) is 13.7 Å². The van der Waals surface area contributed by atoms with Gasteiger partial charge in [-0.1, -0.05) is 42.5 Å². The molecule has 190 valence electrons. The molecule has 2 aromatic carbocycles. The van der Waals surface area contributed by atoms with Gasteiger partial charge < -0.3 is 24.5 Å². The number of nitrogens with one attached hydrogen (secondary N) is 1. The molecule has 0 bridgehead atoms. The molecule has 0 fully saturated rings. The van der Waals surface area contributed by atoms with Crippen LogP contribution in [0.5, 0.6) is 5.75 Å². The highest BCUT2D eigenvalue weighted by Gasteiger charge is 2.37. The number of carbonyl (C=O) groups excluding carboxylic acids is 2. The molecule has 4 rings (SSSR count). The van der Waals surface area contributed by atoms with E-state index in [1.807, 2.05) is 41.1 Å². The number of nitrogens with zero attached hydrogens (tertiary/aromatic N) is 2. The van der Waals surface area contributed by atoms with E-state index >= 15 is 0 Å². The fourth-order valence-electron chi connectivity index (χ4n) is 4.39. The summed E-state index contributed by atoms with van der Waals surface area (Å²) in [5, 5.41) is 13.2. The lowest BCUT2D eigenvalue weighted by Gasteiger charge is -2.30. The van der Waals surface area contributed by atoms with Crippen molar-refractivity contribution in [3.8, 4) is 5.75 Å². The third kappa shape index (κ3) is 5.98. The molecule has 1 aromatic heterocycles. The molecule has 8 nitrogen and oxygen atoms in total. The predicted molar refractivity (Wildman–Crippen MR) is 139 cm³/mol. The Kier molecular flexibility index (Phi) is 7.88. The number of methoxy groups -OCH3 is 1. The predicted octanol–water partition coefficient (Wildman–Crippen LogP) is 4.30. The van der Waals surface area contributed by atoms with Crippen LogP contribution in [-0.4, -0.2) is 40.3 Å². The van der Waals surface area contributed by atoms with Gasteiger partial charge in [0.1, 0.15) is 12.4 Å². The molecule has 1 aliphatic heterocycles. The zero-order valence-electron chi connectivity index (χ0n) is 21.0. The quantitative estimate of drug-likeness (QED) is 0.446. The number of imidazole rings is 1. The van der Waals surface area contributed by atoms with Gasteiger partial charge in [-0.25, -0.2) is 14.6 Å². The summed E-state index contributed by atoms with van der Waals surface area (Å²) in [4.78, 5) is 30.0. The van der Waals surface area contributed by atoms with Crippen molar-refractivity contribution in [3.05, 3.63) is 113 Å². The minimum absolute atomic E-state index is 0.0299. The summed E-state index contributed by atoms with van der Waals surface area (Å²) >= 11 is 0. The van der Waals surface area contributed by atoms with Crippen molar-refractivity contribution >= 4 is 18.0 Å². The summed E-state index contributed by atoms with van der Waals surface area (Å²) < 4.78 is 12.6. The first-order valence-corrected chi connectivity index (χ1v) is 11.8. The zero-order chi connectivity index (χ0) is 26.4. The molecule has 0 radical (unpaired) electrons. The Balaban J connectivity index is 1.47. The van der Waals surface area contributed by atoms with E-state index in [0.29, 0.717) is 17.0 Å². The van der Waals surface area contributed by atoms with Crippen LogP contribution in [0.2, 0.25) is 0 Å². The van der Waals surface area contributed by atoms with Gasteiger partial charge in [0.2, 0.25) is 0 Å². The van der Waals surface area contributed by atoms with E-state index in [0.717, 1.165) is 17.7 Å². The van der Waals surface area contributed by atoms with E-state index in [2.05, 4.69) is 10.3 Å². The number of allylic oxidation sites excluding steroid dienone is 2. The number of carbonyl (C=O) groups is 2. The third-order valence-corrected chi connectivity index (χ3v) is 6.11. The van der Waals surface area contributed by atoms with Gasteiger partial charge in [0.15, 0.2) is 0 Å². The molecule has 2 N–H and O–H groups in total. The first kappa shape index (κ1) is 25.5. The monoisotopic (exact) mass is 499 g/mol. The van der Waals surface area contributed by atoms with Gasteiger partial charge in [-0.3, -0.25) is 0 Å². The fraction of sp³-hybridized carbons (Fsp3) is 0.207. The molecular weight excluding hydrogens is 470 g/mol. The Morgan fingerprint density at radius 2 is 1.81 bits per heavy atom. The molecule has 8 heteroatoms. The van der Waals surface area contributed by atoms with Crippen LogP contribution in [0.25, 0.3) is 6.08 Å². The van der Waals surface area contributed by atoms with Gasteiger partial charge in [0.05, 0.1) is 30.5 Å². The number of hydrogen-bond acceptors (Lipinski definition) is 7. The molecule has 0 amide bonds. The normalized spacial score (nSPS) is 15.6. The highest BCUT2D eigenvalue weighted by atomic mass is 16.5. The van der Waals surface area contributed by atoms with Crippen LogP contribution in [0, 0.1) is 0 Å². The molecule has 2 heterocycles. The van der Waals surface area contributed by atoms with Gasteiger partial charge in [-0.05, 0) is 48.7 Å². The summed E-state index contributed by atoms with van der Waals surface area (Å²) in [6.07, 6.45) is 9.08. The lowest BCUT2D eigenvalue weighted by Crippen LogP contribution is -2.32. The van der Waals surface area contributed by atoms with E-state index in [-0.39, 0.29) is 23.5 Å². The first-order valence-electron chi connectivity index (χ1n) is 11.8. The summed E-state index contributed by atoms with van der Waals surface area (Å²) in [6.45, 7) is 4.30. The van der Waals surface area contributed by atoms with E-state index in [1.165, 1.54) is 19.2 Å². The Morgan fingerprint density at radius 3 is 2.46 bits per heavy atom. The van der Waals surface area contributed by atoms with Crippen molar-refractivity contribution in [2.45, 2.75) is 26.3 Å². The maximum absolute atomic E-state index is 13.2. The van der Waals surface area contributed by atoms with Gasteiger partial charge in [-0.15, -0.1) is 0 Å². The molecule has 37 heavy (non-hydrogen) atoms. The number of hydrogen-bond donors (Lipinski definition) is 2. The molecule has 0 saturated heterocycles. The van der Waals surface area contributed by atoms with E-state index in [4.69, 9.17) is 9.47 Å². The van der Waals surface area contributed by atoms with E-state index < -0.39 is 17.9 Å². The highest BCUT2D eigenvalue weighted by molar-refractivity contribution is 5.99. The molecule has 3 aromatic rings. The zero-order valence-corrected chi connectivity index (χ0v) is 21.0. The van der Waals surface area contributed by atoms with Crippen LogP contribution >= 0.6 is 0 Å². The molecule has 0 saturated carbocycles. The average molecular weight is 500 g/mol. The number of ether oxygens (including phenoxy) is 2. The number of phenols is 1. The van der Waals surface area contributed by atoms with Crippen molar-refractivity contribution in [2.24, 2.45) is 0 Å². The fourth-order valence-corrected chi connectivity index (χ4v) is 4.39. The lowest BCUT2D eigenvalue weighted by atomic mass is 9.80. The lowest BCUT2D eigenvalue weighted by molar-refractivity contribution is -0.138. The van der Waals surface area contributed by atoms with Crippen LogP contribution in [0.1, 0.15) is 36.5 Å². The summed E-state index contributed by atoms with van der Waals surface area (Å²) in [7, 11) is 1.29. The van der Waals surface area contributed by atoms with Crippen LogP contribution in [0.15, 0.2) is 95.9 Å². The topological polar surface area (TPSA) is 103 Å². The largest absolute Gasteiger partial charge is 0.508 e. The molecule has 1 atom stereocenters. The third-order valence-electron chi connectivity index (χ3n) is 6.11. The van der Waals surface area contributed by atoms with Gasteiger partial charge >= 0.3 is 11.9 Å². The van der Waals surface area contributed by atoms with Crippen LogP contribution in [0.3, 0.4) is 0 Å². The van der Waals surface area contributed by atoms with Gasteiger partial charge in [0.25, 0.3) is 0 Å². The van der Waals surface area contributed by atoms with Crippen molar-refractivity contribution in [1.82, 2.24) is 14.9 Å². The first-order chi connectivity index (χ1) is 17.9. The smallest absolute Gasteiger partial charge is 0.337 e. The molecule has 0 spiro atoms. The number of aromatic hydroxyl groups is 1. The number of phenolic OH excluding ortho intramolecular Hbond substituents is 1. The Bertz CT molecular complexity index is 1370. The van der Waals surface area contributed by atoms with E-state index in [1.54, 1.807) is 44.6 Å². The highest BCUT2D eigenvalue weighted by Crippen LogP contribution is 2.40. The second kappa shape index (κ2) is 11.4. The SMILES string of the molecule is COC(=O)C1=C(C)NC(C)=C(C(=O)OCC=Cc2ccc(Cn3ccnc3)cc2)C1c1cccc(O)c1. The van der Waals surface area contributed by atoms with Crippen molar-refractivity contribution in [3.63, 3.8) is 0 Å².